The van der Waals surface area contributed by atoms with Gasteiger partial charge in [0.05, 0.1) is 12.7 Å². The second kappa shape index (κ2) is 6.37. The summed E-state index contributed by atoms with van der Waals surface area (Å²) >= 11 is 0. The summed E-state index contributed by atoms with van der Waals surface area (Å²) < 4.78 is 42.9. The van der Waals surface area contributed by atoms with E-state index in [1.807, 2.05) is 0 Å². The summed E-state index contributed by atoms with van der Waals surface area (Å²) in [5.41, 5.74) is -0.962. The summed E-state index contributed by atoms with van der Waals surface area (Å²) in [6.45, 7) is 0.328. The van der Waals surface area contributed by atoms with E-state index in [9.17, 15) is 22.8 Å². The Morgan fingerprint density at radius 3 is 2.64 bits per heavy atom. The molecule has 1 atom stereocenters. The SMILES string of the molecule is COC(=O)[C@H]1CCCCN1C(=O)c1cccc(C(F)(F)F)c1. The fourth-order valence-electron chi connectivity index (χ4n) is 2.55. The molecule has 1 saturated heterocycles. The van der Waals surface area contributed by atoms with Gasteiger partial charge < -0.3 is 9.64 Å². The molecule has 0 spiro atoms. The third kappa shape index (κ3) is 3.40. The number of alkyl halides is 3. The van der Waals surface area contributed by atoms with Gasteiger partial charge in [-0.2, -0.15) is 13.2 Å². The minimum Gasteiger partial charge on any atom is -0.467 e. The van der Waals surface area contributed by atoms with Gasteiger partial charge in [0.2, 0.25) is 0 Å². The molecule has 2 rings (SSSR count). The standard InChI is InChI=1S/C15H16F3NO3/c1-22-14(21)12-7-2-3-8-19(12)13(20)10-5-4-6-11(9-10)15(16,17)18/h4-6,9,12H,2-3,7-8H2,1H3/t12-/m1/s1. The van der Waals surface area contributed by atoms with Gasteiger partial charge in [0.1, 0.15) is 6.04 Å². The summed E-state index contributed by atoms with van der Waals surface area (Å²) in [6.07, 6.45) is -2.58. The van der Waals surface area contributed by atoms with Gasteiger partial charge in [0.25, 0.3) is 5.91 Å². The molecular formula is C15H16F3NO3. The van der Waals surface area contributed by atoms with Crippen LogP contribution in [0.3, 0.4) is 0 Å². The van der Waals surface area contributed by atoms with Crippen LogP contribution in [0, 0.1) is 0 Å². The van der Waals surface area contributed by atoms with Crippen LogP contribution in [0.4, 0.5) is 13.2 Å². The molecule has 4 nitrogen and oxygen atoms in total. The molecule has 1 amide bonds. The maximum absolute atomic E-state index is 12.7. The topological polar surface area (TPSA) is 46.6 Å². The van der Waals surface area contributed by atoms with Crippen molar-refractivity contribution in [2.75, 3.05) is 13.7 Å². The van der Waals surface area contributed by atoms with E-state index in [0.29, 0.717) is 19.4 Å². The van der Waals surface area contributed by atoms with Gasteiger partial charge in [-0.1, -0.05) is 6.07 Å². The summed E-state index contributed by atoms with van der Waals surface area (Å²) in [6, 6.07) is 3.49. The Morgan fingerprint density at radius 2 is 2.00 bits per heavy atom. The average Bonchev–Trinajstić information content (AvgIpc) is 2.52. The van der Waals surface area contributed by atoms with Crippen molar-refractivity contribution in [2.24, 2.45) is 0 Å². The zero-order valence-electron chi connectivity index (χ0n) is 12.0. The first-order valence-corrected chi connectivity index (χ1v) is 6.90. The zero-order chi connectivity index (χ0) is 16.3. The number of halogens is 3. The molecule has 1 aliphatic rings. The van der Waals surface area contributed by atoms with Crippen molar-refractivity contribution in [3.8, 4) is 0 Å². The van der Waals surface area contributed by atoms with Gasteiger partial charge in [-0.3, -0.25) is 4.79 Å². The second-order valence-corrected chi connectivity index (χ2v) is 5.11. The van der Waals surface area contributed by atoms with E-state index in [-0.39, 0.29) is 5.56 Å². The van der Waals surface area contributed by atoms with Gasteiger partial charge in [0, 0.05) is 12.1 Å². The van der Waals surface area contributed by atoms with Crippen LogP contribution >= 0.6 is 0 Å². The Bertz CT molecular complexity index is 571. The molecule has 0 saturated carbocycles. The molecule has 0 N–H and O–H groups in total. The third-order valence-electron chi connectivity index (χ3n) is 3.67. The largest absolute Gasteiger partial charge is 0.467 e. The van der Waals surface area contributed by atoms with Gasteiger partial charge in [0.15, 0.2) is 0 Å². The lowest BCUT2D eigenvalue weighted by atomic mass is 10.00. The van der Waals surface area contributed by atoms with Crippen LogP contribution in [0.2, 0.25) is 0 Å². The molecule has 1 fully saturated rings. The van der Waals surface area contributed by atoms with Crippen molar-refractivity contribution in [3.63, 3.8) is 0 Å². The predicted molar refractivity (Wildman–Crippen MR) is 72.1 cm³/mol. The van der Waals surface area contributed by atoms with E-state index < -0.39 is 29.7 Å². The first kappa shape index (κ1) is 16.3. The number of nitrogens with zero attached hydrogens (tertiary/aromatic N) is 1. The number of esters is 1. The fraction of sp³-hybridized carbons (Fsp3) is 0.467. The first-order chi connectivity index (χ1) is 10.3. The van der Waals surface area contributed by atoms with Gasteiger partial charge in [-0.25, -0.2) is 4.79 Å². The number of ether oxygens (including phenoxy) is 1. The Morgan fingerprint density at radius 1 is 1.27 bits per heavy atom. The fourth-order valence-corrected chi connectivity index (χ4v) is 2.55. The zero-order valence-corrected chi connectivity index (χ0v) is 12.0. The number of carbonyl (C=O) groups excluding carboxylic acids is 2. The number of benzene rings is 1. The summed E-state index contributed by atoms with van der Waals surface area (Å²) in [7, 11) is 1.23. The number of carbonyl (C=O) groups is 2. The molecule has 1 aliphatic heterocycles. The lowest BCUT2D eigenvalue weighted by Crippen LogP contribution is -2.48. The molecule has 0 aromatic heterocycles. The minimum atomic E-state index is -4.51. The van der Waals surface area contributed by atoms with Crippen LogP contribution in [0.25, 0.3) is 0 Å². The Labute approximate surface area is 125 Å². The number of hydrogen-bond acceptors (Lipinski definition) is 3. The number of piperidine rings is 1. The first-order valence-electron chi connectivity index (χ1n) is 6.90. The van der Waals surface area contributed by atoms with E-state index in [0.717, 1.165) is 18.6 Å². The molecule has 7 heteroatoms. The molecule has 1 heterocycles. The molecule has 0 aliphatic carbocycles. The number of likely N-dealkylation sites (tertiary alicyclic amines) is 1. The Balaban J connectivity index is 2.28. The molecule has 22 heavy (non-hydrogen) atoms. The molecule has 1 aromatic carbocycles. The molecular weight excluding hydrogens is 299 g/mol. The Kier molecular flexibility index (Phi) is 4.73. The van der Waals surface area contributed by atoms with Gasteiger partial charge >= 0.3 is 12.1 Å². The highest BCUT2D eigenvalue weighted by Gasteiger charge is 2.35. The number of hydrogen-bond donors (Lipinski definition) is 0. The van der Waals surface area contributed by atoms with Crippen LogP contribution in [0.1, 0.15) is 35.2 Å². The number of rotatable bonds is 2. The maximum Gasteiger partial charge on any atom is 0.416 e. The van der Waals surface area contributed by atoms with Gasteiger partial charge in [-0.05, 0) is 37.5 Å². The van der Waals surface area contributed by atoms with E-state index in [2.05, 4.69) is 4.74 Å². The third-order valence-corrected chi connectivity index (χ3v) is 3.67. The van der Waals surface area contributed by atoms with Crippen LogP contribution in [-0.4, -0.2) is 36.5 Å². The van der Waals surface area contributed by atoms with Crippen LogP contribution in [0.5, 0.6) is 0 Å². The van der Waals surface area contributed by atoms with Crippen molar-refractivity contribution in [1.29, 1.82) is 0 Å². The molecule has 0 bridgehead atoms. The molecule has 120 valence electrons. The highest BCUT2D eigenvalue weighted by molar-refractivity contribution is 5.97. The molecule has 0 unspecified atom stereocenters. The van der Waals surface area contributed by atoms with Crippen molar-refractivity contribution < 1.29 is 27.5 Å². The molecule has 1 aromatic rings. The summed E-state index contributed by atoms with van der Waals surface area (Å²) in [5.74, 6) is -1.12. The van der Waals surface area contributed by atoms with Gasteiger partial charge in [-0.15, -0.1) is 0 Å². The van der Waals surface area contributed by atoms with Crippen LogP contribution in [0.15, 0.2) is 24.3 Å². The molecule has 0 radical (unpaired) electrons. The monoisotopic (exact) mass is 315 g/mol. The number of amides is 1. The highest BCUT2D eigenvalue weighted by atomic mass is 19.4. The second-order valence-electron chi connectivity index (χ2n) is 5.11. The Hall–Kier alpha value is -2.05. The van der Waals surface area contributed by atoms with E-state index in [4.69, 9.17) is 0 Å². The lowest BCUT2D eigenvalue weighted by molar-refractivity contribution is -0.147. The minimum absolute atomic E-state index is 0.0781. The van der Waals surface area contributed by atoms with E-state index >= 15 is 0 Å². The summed E-state index contributed by atoms with van der Waals surface area (Å²) in [5, 5.41) is 0. The van der Waals surface area contributed by atoms with Crippen molar-refractivity contribution in [3.05, 3.63) is 35.4 Å². The van der Waals surface area contributed by atoms with E-state index in [1.165, 1.54) is 24.1 Å². The smallest absolute Gasteiger partial charge is 0.416 e. The van der Waals surface area contributed by atoms with Crippen molar-refractivity contribution in [1.82, 2.24) is 4.90 Å². The maximum atomic E-state index is 12.7. The van der Waals surface area contributed by atoms with Crippen LogP contribution < -0.4 is 0 Å². The average molecular weight is 315 g/mol. The van der Waals surface area contributed by atoms with Crippen LogP contribution in [-0.2, 0) is 15.7 Å². The predicted octanol–water partition coefficient (Wildman–Crippen LogP) is 2.87. The van der Waals surface area contributed by atoms with Crippen molar-refractivity contribution in [2.45, 2.75) is 31.5 Å². The highest BCUT2D eigenvalue weighted by Crippen LogP contribution is 2.30. The number of methoxy groups -OCH3 is 1. The van der Waals surface area contributed by atoms with E-state index in [1.54, 1.807) is 0 Å². The normalized spacial score (nSPS) is 18.9. The quantitative estimate of drug-likeness (QED) is 0.789. The van der Waals surface area contributed by atoms with Crippen molar-refractivity contribution >= 4 is 11.9 Å². The summed E-state index contributed by atoms with van der Waals surface area (Å²) in [4.78, 5) is 25.5. The lowest BCUT2D eigenvalue weighted by Gasteiger charge is -2.33.